The van der Waals surface area contributed by atoms with Crippen molar-refractivity contribution in [3.8, 4) is 0 Å². The Labute approximate surface area is 280 Å². The van der Waals surface area contributed by atoms with Gasteiger partial charge in [-0.05, 0) is 88.3 Å². The van der Waals surface area contributed by atoms with E-state index in [0.717, 1.165) is 7.05 Å². The van der Waals surface area contributed by atoms with E-state index in [2.05, 4.69) is 5.32 Å². The highest BCUT2D eigenvalue weighted by Crippen LogP contribution is 2.40. The number of carbonyl (C=O) groups is 3. The van der Waals surface area contributed by atoms with E-state index in [9.17, 15) is 45.1 Å². The molecule has 4 rings (SSSR count). The van der Waals surface area contributed by atoms with Gasteiger partial charge < -0.3 is 19.9 Å². The smallest absolute Gasteiger partial charge is 0.416 e. The minimum atomic E-state index is -5.10. The van der Waals surface area contributed by atoms with Gasteiger partial charge in [0.05, 0.1) is 23.8 Å². The summed E-state index contributed by atoms with van der Waals surface area (Å²) in [6.45, 7) is 5.94. The molecule has 15 heteroatoms. The van der Waals surface area contributed by atoms with Gasteiger partial charge in [-0.1, -0.05) is 12.1 Å². The zero-order chi connectivity index (χ0) is 36.5. The molecule has 1 saturated heterocycles. The van der Waals surface area contributed by atoms with Crippen LogP contribution in [-0.2, 0) is 21.9 Å². The molecule has 0 aromatic heterocycles. The Balaban J connectivity index is 1.50. The lowest BCUT2D eigenvalue weighted by Gasteiger charge is -2.33. The number of rotatable bonds is 6. The van der Waals surface area contributed by atoms with Crippen molar-refractivity contribution in [3.63, 3.8) is 0 Å². The molecule has 2 aromatic rings. The first-order valence-electron chi connectivity index (χ1n) is 15.9. The fourth-order valence-corrected chi connectivity index (χ4v) is 6.39. The summed E-state index contributed by atoms with van der Waals surface area (Å²) in [5, 5.41) is 2.73. The molecule has 2 atom stereocenters. The summed E-state index contributed by atoms with van der Waals surface area (Å²) in [6, 6.07) is 4.81. The Hall–Kier alpha value is -4.04. The Morgan fingerprint density at radius 2 is 1.41 bits per heavy atom. The first-order valence-corrected chi connectivity index (χ1v) is 15.9. The molecule has 2 fully saturated rings. The number of nitrogens with zero attached hydrogens (tertiary/aromatic N) is 3. The molecule has 0 unspecified atom stereocenters. The average Bonchev–Trinajstić information content (AvgIpc) is 3.46. The molecule has 8 nitrogen and oxygen atoms in total. The number of ether oxygens (including phenoxy) is 1. The standard InChI is InChI=1S/C34H41F7N4O4/c1-32(2,3)42-30(47)49-19-20-6-8-22(9-7-20)29(46)45-17-27(21-10-12-25(35)13-11-21)28(18-45)44(5)31(48)43(4)26-15-23(33(36,37)38)14-24(16-26)34(39,40)41/h10-16,20,22,27-28H,6-9,17-19H2,1-5H3,(H,42,47)/t20?,22?,27-,28+/m0/s1. The van der Waals surface area contributed by atoms with Crippen molar-refractivity contribution >= 4 is 23.7 Å². The normalized spacial score (nSPS) is 21.7. The second kappa shape index (κ2) is 14.4. The molecule has 4 amide bonds. The molecule has 2 aromatic carbocycles. The first-order chi connectivity index (χ1) is 22.6. The maximum Gasteiger partial charge on any atom is 0.416 e. The SMILES string of the molecule is CN(C(=O)N(C)[C@@H]1CN(C(=O)C2CCC(COC(=O)NC(C)(C)C)CC2)C[C@H]1c1ccc(F)cc1)c1cc(C(F)(F)F)cc(C(F)(F)F)c1. The summed E-state index contributed by atoms with van der Waals surface area (Å²) in [5.74, 6) is -1.42. The maximum absolute atomic E-state index is 13.8. The van der Waals surface area contributed by atoms with Crippen molar-refractivity contribution in [1.29, 1.82) is 0 Å². The summed E-state index contributed by atoms with van der Waals surface area (Å²) < 4.78 is 100. The lowest BCUT2D eigenvalue weighted by Crippen LogP contribution is -2.48. The highest BCUT2D eigenvalue weighted by molar-refractivity contribution is 5.92. The van der Waals surface area contributed by atoms with Crippen LogP contribution in [0.5, 0.6) is 0 Å². The van der Waals surface area contributed by atoms with Crippen LogP contribution in [-0.4, -0.2) is 73.2 Å². The second-order valence-corrected chi connectivity index (χ2v) is 13.9. The molecule has 2 aliphatic rings. The van der Waals surface area contributed by atoms with Gasteiger partial charge in [0, 0.05) is 50.2 Å². The van der Waals surface area contributed by atoms with Crippen LogP contribution in [0, 0.1) is 17.7 Å². The lowest BCUT2D eigenvalue weighted by molar-refractivity contribution is -0.143. The van der Waals surface area contributed by atoms with Crippen molar-refractivity contribution in [1.82, 2.24) is 15.1 Å². The second-order valence-electron chi connectivity index (χ2n) is 13.9. The zero-order valence-electron chi connectivity index (χ0n) is 27.9. The third kappa shape index (κ3) is 9.56. The van der Waals surface area contributed by atoms with E-state index in [1.54, 1.807) is 4.90 Å². The van der Waals surface area contributed by atoms with E-state index in [-0.39, 0.29) is 43.5 Å². The quantitative estimate of drug-likeness (QED) is 0.314. The predicted octanol–water partition coefficient (Wildman–Crippen LogP) is 7.68. The van der Waals surface area contributed by atoms with Gasteiger partial charge in [-0.25, -0.2) is 14.0 Å². The molecule has 0 spiro atoms. The molecule has 1 saturated carbocycles. The fourth-order valence-electron chi connectivity index (χ4n) is 6.39. The molecule has 1 N–H and O–H groups in total. The van der Waals surface area contributed by atoms with Gasteiger partial charge in [0.2, 0.25) is 5.91 Å². The van der Waals surface area contributed by atoms with Gasteiger partial charge in [-0.15, -0.1) is 0 Å². The molecule has 0 bridgehead atoms. The summed E-state index contributed by atoms with van der Waals surface area (Å²) in [6.07, 6.45) is -8.32. The lowest BCUT2D eigenvalue weighted by atomic mass is 9.81. The molecular formula is C34H41F7N4O4. The van der Waals surface area contributed by atoms with Crippen LogP contribution in [0.4, 0.5) is 46.0 Å². The molecule has 1 aliphatic heterocycles. The largest absolute Gasteiger partial charge is 0.449 e. The van der Waals surface area contributed by atoms with Crippen molar-refractivity contribution in [2.24, 2.45) is 11.8 Å². The van der Waals surface area contributed by atoms with E-state index in [1.807, 2.05) is 20.8 Å². The number of amides is 4. The number of anilines is 1. The van der Waals surface area contributed by atoms with Gasteiger partial charge in [0.1, 0.15) is 5.82 Å². The third-order valence-corrected chi connectivity index (χ3v) is 9.07. The molecule has 49 heavy (non-hydrogen) atoms. The Kier molecular flexibility index (Phi) is 11.1. The summed E-state index contributed by atoms with van der Waals surface area (Å²) in [7, 11) is 2.45. The van der Waals surface area contributed by atoms with Gasteiger partial charge in [-0.2, -0.15) is 26.3 Å². The summed E-state index contributed by atoms with van der Waals surface area (Å²) >= 11 is 0. The molecule has 0 radical (unpaired) electrons. The third-order valence-electron chi connectivity index (χ3n) is 9.07. The van der Waals surface area contributed by atoms with Gasteiger partial charge in [-0.3, -0.25) is 9.69 Å². The van der Waals surface area contributed by atoms with Crippen LogP contribution in [0.1, 0.15) is 69.1 Å². The topological polar surface area (TPSA) is 82.2 Å². The van der Waals surface area contributed by atoms with Crippen molar-refractivity contribution in [2.45, 2.75) is 76.3 Å². The van der Waals surface area contributed by atoms with E-state index in [4.69, 9.17) is 4.74 Å². The maximum atomic E-state index is 13.8. The number of urea groups is 1. The van der Waals surface area contributed by atoms with E-state index in [1.165, 1.54) is 36.2 Å². The Morgan fingerprint density at radius 3 is 1.92 bits per heavy atom. The first kappa shape index (κ1) is 37.8. The minimum absolute atomic E-state index is 0.0130. The number of halogens is 7. The van der Waals surface area contributed by atoms with Gasteiger partial charge in [0.15, 0.2) is 0 Å². The highest BCUT2D eigenvalue weighted by Gasteiger charge is 2.43. The highest BCUT2D eigenvalue weighted by atomic mass is 19.4. The van der Waals surface area contributed by atoms with E-state index in [0.29, 0.717) is 48.3 Å². The van der Waals surface area contributed by atoms with Crippen LogP contribution >= 0.6 is 0 Å². The van der Waals surface area contributed by atoms with Crippen LogP contribution in [0.2, 0.25) is 0 Å². The number of benzene rings is 2. The Bertz CT molecular complexity index is 1470. The van der Waals surface area contributed by atoms with Gasteiger partial charge in [0.25, 0.3) is 0 Å². The van der Waals surface area contributed by atoms with Crippen molar-refractivity contribution in [2.75, 3.05) is 38.7 Å². The zero-order valence-corrected chi connectivity index (χ0v) is 27.9. The van der Waals surface area contributed by atoms with Crippen LogP contribution in [0.25, 0.3) is 0 Å². The minimum Gasteiger partial charge on any atom is -0.449 e. The number of likely N-dealkylation sites (tertiary alicyclic amines) is 1. The van der Waals surface area contributed by atoms with Crippen molar-refractivity contribution < 1.29 is 49.9 Å². The van der Waals surface area contributed by atoms with E-state index < -0.39 is 64.6 Å². The average molecular weight is 703 g/mol. The Morgan fingerprint density at radius 1 is 0.857 bits per heavy atom. The summed E-state index contributed by atoms with van der Waals surface area (Å²) in [5.41, 5.74) is -3.56. The molecular weight excluding hydrogens is 661 g/mol. The number of nitrogens with one attached hydrogen (secondary N) is 1. The molecule has 270 valence electrons. The number of likely N-dealkylation sites (N-methyl/N-ethyl adjacent to an activating group) is 1. The number of hydrogen-bond acceptors (Lipinski definition) is 4. The van der Waals surface area contributed by atoms with E-state index >= 15 is 0 Å². The number of hydrogen-bond donors (Lipinski definition) is 1. The van der Waals surface area contributed by atoms with Crippen molar-refractivity contribution in [3.05, 3.63) is 65.0 Å². The number of alkyl carbamates (subject to hydrolysis) is 1. The fraction of sp³-hybridized carbons (Fsp3) is 0.559. The van der Waals surface area contributed by atoms with Crippen LogP contribution < -0.4 is 10.2 Å². The van der Waals surface area contributed by atoms with Crippen LogP contribution in [0.3, 0.4) is 0 Å². The predicted molar refractivity (Wildman–Crippen MR) is 167 cm³/mol. The van der Waals surface area contributed by atoms with Gasteiger partial charge >= 0.3 is 24.5 Å². The number of carbonyl (C=O) groups excluding carboxylic acids is 3. The summed E-state index contributed by atoms with van der Waals surface area (Å²) in [4.78, 5) is 43.0. The number of alkyl halides is 6. The van der Waals surface area contributed by atoms with Crippen LogP contribution in [0.15, 0.2) is 42.5 Å². The molecule has 1 heterocycles. The molecule has 1 aliphatic carbocycles. The monoisotopic (exact) mass is 702 g/mol.